The molecule has 0 radical (unpaired) electrons. The van der Waals surface area contributed by atoms with Crippen molar-refractivity contribution in [3.63, 3.8) is 0 Å². The second-order valence-electron chi connectivity index (χ2n) is 6.20. The Balaban J connectivity index is 1.51. The monoisotopic (exact) mass is 444 g/mol. The van der Waals surface area contributed by atoms with Crippen molar-refractivity contribution in [1.82, 2.24) is 14.8 Å². The van der Waals surface area contributed by atoms with Gasteiger partial charge in [-0.1, -0.05) is 35.5 Å². The molecule has 0 aliphatic carbocycles. The molecular weight excluding hydrogens is 428 g/mol. The van der Waals surface area contributed by atoms with Crippen LogP contribution in [-0.2, 0) is 11.3 Å². The third-order valence-corrected chi connectivity index (χ3v) is 6.47. The maximum Gasteiger partial charge on any atom is 0.234 e. The highest BCUT2D eigenvalue weighted by molar-refractivity contribution is 7.99. The number of carbonyl (C=O) groups excluding carboxylic acids is 1. The number of thioether (sulfide) groups is 1. The van der Waals surface area contributed by atoms with Crippen LogP contribution in [0.15, 0.2) is 63.7 Å². The van der Waals surface area contributed by atoms with E-state index in [2.05, 4.69) is 15.5 Å². The standard InChI is InChI=1S/C20H17ClN4O2S2/c1-13-15(21)6-2-7-16(13)22-18(26)12-29-20-24-23-19(17-8-4-10-28-17)25(20)11-14-5-3-9-27-14/h2-10H,11-12H2,1H3,(H,22,26). The number of hydrogen-bond acceptors (Lipinski definition) is 6. The van der Waals surface area contributed by atoms with Crippen molar-refractivity contribution in [2.45, 2.75) is 18.6 Å². The maximum absolute atomic E-state index is 12.5. The fraction of sp³-hybridized carbons (Fsp3) is 0.150. The normalized spacial score (nSPS) is 11.0. The number of thiophene rings is 1. The first-order valence-corrected chi connectivity index (χ1v) is 11.0. The first-order chi connectivity index (χ1) is 14.1. The van der Waals surface area contributed by atoms with Gasteiger partial charge in [-0.2, -0.15) is 0 Å². The van der Waals surface area contributed by atoms with E-state index in [0.717, 1.165) is 22.0 Å². The minimum absolute atomic E-state index is 0.134. The van der Waals surface area contributed by atoms with Crippen molar-refractivity contribution < 1.29 is 9.21 Å². The highest BCUT2D eigenvalue weighted by Crippen LogP contribution is 2.29. The molecule has 0 unspecified atom stereocenters. The molecule has 3 aromatic heterocycles. The number of amides is 1. The van der Waals surface area contributed by atoms with E-state index in [9.17, 15) is 4.79 Å². The quantitative estimate of drug-likeness (QED) is 0.389. The van der Waals surface area contributed by atoms with Gasteiger partial charge in [0.05, 0.1) is 23.4 Å². The Hall–Kier alpha value is -2.55. The fourth-order valence-electron chi connectivity index (χ4n) is 2.74. The minimum Gasteiger partial charge on any atom is -0.467 e. The second-order valence-corrected chi connectivity index (χ2v) is 8.50. The summed E-state index contributed by atoms with van der Waals surface area (Å²) < 4.78 is 7.45. The molecule has 0 aliphatic heterocycles. The van der Waals surface area contributed by atoms with Gasteiger partial charge >= 0.3 is 0 Å². The second kappa shape index (κ2) is 8.86. The molecule has 0 fully saturated rings. The molecule has 0 saturated carbocycles. The number of nitrogens with one attached hydrogen (secondary N) is 1. The molecular formula is C20H17ClN4O2S2. The molecule has 3 heterocycles. The lowest BCUT2D eigenvalue weighted by Gasteiger charge is -2.10. The van der Waals surface area contributed by atoms with E-state index in [1.54, 1.807) is 23.7 Å². The average molecular weight is 445 g/mol. The van der Waals surface area contributed by atoms with Crippen molar-refractivity contribution in [1.29, 1.82) is 0 Å². The van der Waals surface area contributed by atoms with Gasteiger partial charge in [0.1, 0.15) is 5.76 Å². The Bertz CT molecular complexity index is 1110. The van der Waals surface area contributed by atoms with Crippen LogP contribution in [0.2, 0.25) is 5.02 Å². The SMILES string of the molecule is Cc1c(Cl)cccc1NC(=O)CSc1nnc(-c2cccs2)n1Cc1ccco1. The Morgan fingerprint density at radius 2 is 2.14 bits per heavy atom. The zero-order valence-corrected chi connectivity index (χ0v) is 17.9. The first kappa shape index (κ1) is 19.8. The Morgan fingerprint density at radius 1 is 1.24 bits per heavy atom. The van der Waals surface area contributed by atoms with Crippen molar-refractivity contribution in [2.24, 2.45) is 0 Å². The number of hydrogen-bond donors (Lipinski definition) is 1. The third kappa shape index (κ3) is 4.55. The molecule has 0 aliphatic rings. The lowest BCUT2D eigenvalue weighted by atomic mass is 10.2. The van der Waals surface area contributed by atoms with Crippen LogP contribution in [-0.4, -0.2) is 26.4 Å². The van der Waals surface area contributed by atoms with Gasteiger partial charge in [-0.15, -0.1) is 21.5 Å². The number of nitrogens with zero attached hydrogens (tertiary/aromatic N) is 3. The molecule has 29 heavy (non-hydrogen) atoms. The molecule has 4 rings (SSSR count). The van der Waals surface area contributed by atoms with Gasteiger partial charge in [-0.05, 0) is 48.2 Å². The number of benzene rings is 1. The van der Waals surface area contributed by atoms with Crippen molar-refractivity contribution in [3.05, 3.63) is 70.5 Å². The molecule has 1 N–H and O–H groups in total. The van der Waals surface area contributed by atoms with Crippen LogP contribution in [0, 0.1) is 6.92 Å². The fourth-order valence-corrected chi connectivity index (χ4v) is 4.37. The molecule has 0 spiro atoms. The van der Waals surface area contributed by atoms with Crippen molar-refractivity contribution >= 4 is 46.3 Å². The molecule has 0 atom stereocenters. The van der Waals surface area contributed by atoms with E-state index in [4.69, 9.17) is 16.0 Å². The van der Waals surface area contributed by atoms with E-state index >= 15 is 0 Å². The summed E-state index contributed by atoms with van der Waals surface area (Å²) >= 11 is 9.05. The van der Waals surface area contributed by atoms with Crippen LogP contribution in [0.25, 0.3) is 10.7 Å². The molecule has 6 nitrogen and oxygen atoms in total. The molecule has 148 valence electrons. The molecule has 1 aromatic carbocycles. The van der Waals surface area contributed by atoms with E-state index in [1.807, 2.05) is 53.3 Å². The van der Waals surface area contributed by atoms with E-state index < -0.39 is 0 Å². The number of aromatic nitrogens is 3. The molecule has 0 saturated heterocycles. The van der Waals surface area contributed by atoms with Crippen LogP contribution in [0.5, 0.6) is 0 Å². The van der Waals surface area contributed by atoms with Gasteiger partial charge in [0.15, 0.2) is 11.0 Å². The highest BCUT2D eigenvalue weighted by Gasteiger charge is 2.18. The number of carbonyl (C=O) groups is 1. The summed E-state index contributed by atoms with van der Waals surface area (Å²) in [4.78, 5) is 13.5. The Labute approximate surface area is 180 Å². The summed E-state index contributed by atoms with van der Waals surface area (Å²) in [6, 6.07) is 13.2. The number of anilines is 1. The van der Waals surface area contributed by atoms with E-state index in [0.29, 0.717) is 22.4 Å². The summed E-state index contributed by atoms with van der Waals surface area (Å²) in [5.74, 6) is 1.62. The van der Waals surface area contributed by atoms with Gasteiger partial charge in [0.2, 0.25) is 5.91 Å². The summed E-state index contributed by atoms with van der Waals surface area (Å²) in [5, 5.41) is 14.8. The predicted molar refractivity (Wildman–Crippen MR) is 117 cm³/mol. The summed E-state index contributed by atoms with van der Waals surface area (Å²) in [6.45, 7) is 2.36. The number of rotatable bonds is 7. The lowest BCUT2D eigenvalue weighted by Crippen LogP contribution is -2.15. The van der Waals surface area contributed by atoms with E-state index in [1.165, 1.54) is 11.8 Å². The number of furan rings is 1. The molecule has 1 amide bonds. The Morgan fingerprint density at radius 3 is 2.90 bits per heavy atom. The largest absolute Gasteiger partial charge is 0.467 e. The van der Waals surface area contributed by atoms with Crippen LogP contribution >= 0.6 is 34.7 Å². The highest BCUT2D eigenvalue weighted by atomic mass is 35.5. The van der Waals surface area contributed by atoms with Gasteiger partial charge in [-0.25, -0.2) is 0 Å². The van der Waals surface area contributed by atoms with E-state index in [-0.39, 0.29) is 11.7 Å². The smallest absolute Gasteiger partial charge is 0.234 e. The summed E-state index contributed by atoms with van der Waals surface area (Å²) in [6.07, 6.45) is 1.64. The lowest BCUT2D eigenvalue weighted by molar-refractivity contribution is -0.113. The Kier molecular flexibility index (Phi) is 6.03. The maximum atomic E-state index is 12.5. The van der Waals surface area contributed by atoms with Gasteiger partial charge < -0.3 is 9.73 Å². The molecule has 0 bridgehead atoms. The topological polar surface area (TPSA) is 73.0 Å². The van der Waals surface area contributed by atoms with Gasteiger partial charge in [0, 0.05) is 10.7 Å². The van der Waals surface area contributed by atoms with Crippen LogP contribution in [0.3, 0.4) is 0 Å². The van der Waals surface area contributed by atoms with Crippen molar-refractivity contribution in [3.8, 4) is 10.7 Å². The van der Waals surface area contributed by atoms with Gasteiger partial charge in [-0.3, -0.25) is 9.36 Å². The zero-order valence-electron chi connectivity index (χ0n) is 15.5. The van der Waals surface area contributed by atoms with Crippen molar-refractivity contribution in [2.75, 3.05) is 11.1 Å². The summed E-state index contributed by atoms with van der Waals surface area (Å²) in [5.41, 5.74) is 1.55. The minimum atomic E-state index is -0.134. The summed E-state index contributed by atoms with van der Waals surface area (Å²) in [7, 11) is 0. The van der Waals surface area contributed by atoms with Crippen LogP contribution in [0.1, 0.15) is 11.3 Å². The number of halogens is 1. The third-order valence-electron chi connectivity index (χ3n) is 4.23. The van der Waals surface area contributed by atoms with Crippen LogP contribution in [0.4, 0.5) is 5.69 Å². The zero-order chi connectivity index (χ0) is 20.2. The van der Waals surface area contributed by atoms with Gasteiger partial charge in [0.25, 0.3) is 0 Å². The molecule has 9 heteroatoms. The average Bonchev–Trinajstić information content (AvgIpc) is 3.46. The van der Waals surface area contributed by atoms with Crippen LogP contribution < -0.4 is 5.32 Å². The predicted octanol–water partition coefficient (Wildman–Crippen LogP) is 5.34. The first-order valence-electron chi connectivity index (χ1n) is 8.79. The molecule has 4 aromatic rings.